The summed E-state index contributed by atoms with van der Waals surface area (Å²) in [5.41, 5.74) is -0.978. The summed E-state index contributed by atoms with van der Waals surface area (Å²) in [6.45, 7) is 1.27. The van der Waals surface area contributed by atoms with Crippen LogP contribution in [0.4, 0.5) is 18.9 Å². The normalized spacial score (nSPS) is 16.4. The van der Waals surface area contributed by atoms with Crippen molar-refractivity contribution in [2.24, 2.45) is 0 Å². The zero-order valence-corrected chi connectivity index (χ0v) is 19.0. The predicted octanol–water partition coefficient (Wildman–Crippen LogP) is 5.59. The molecule has 3 heterocycles. The lowest BCUT2D eigenvalue weighted by molar-refractivity contribution is -0.137. The first kappa shape index (κ1) is 23.1. The minimum Gasteiger partial charge on any atom is -0.376 e. The Hall–Kier alpha value is -2.08. The first-order valence-electron chi connectivity index (χ1n) is 9.69. The fourth-order valence-corrected chi connectivity index (χ4v) is 4.88. The van der Waals surface area contributed by atoms with Gasteiger partial charge in [0.2, 0.25) is 5.91 Å². The number of benzene rings is 1. The minimum atomic E-state index is -4.53. The lowest BCUT2D eigenvalue weighted by Crippen LogP contribution is -2.18. The second kappa shape index (κ2) is 9.82. The molecule has 0 saturated carbocycles. The number of thioether (sulfide) groups is 1. The van der Waals surface area contributed by atoms with Gasteiger partial charge in [-0.3, -0.25) is 9.36 Å². The van der Waals surface area contributed by atoms with Gasteiger partial charge in [-0.25, -0.2) is 0 Å². The number of halogens is 4. The number of aromatic nitrogens is 3. The molecule has 1 saturated heterocycles. The Kier molecular flexibility index (Phi) is 7.08. The summed E-state index contributed by atoms with van der Waals surface area (Å²) in [7, 11) is 0. The maximum absolute atomic E-state index is 12.9. The molecule has 3 aromatic rings. The third-order valence-electron chi connectivity index (χ3n) is 4.77. The van der Waals surface area contributed by atoms with Crippen molar-refractivity contribution in [3.8, 4) is 10.7 Å². The number of hydrogen-bond acceptors (Lipinski definition) is 6. The first-order chi connectivity index (χ1) is 15.3. The number of carbonyl (C=O) groups excluding carboxylic acids is 1. The molecular weight excluding hydrogens is 485 g/mol. The summed E-state index contributed by atoms with van der Waals surface area (Å²) in [5, 5.41) is 13.5. The van der Waals surface area contributed by atoms with Gasteiger partial charge in [-0.2, -0.15) is 13.2 Å². The summed E-state index contributed by atoms with van der Waals surface area (Å²) >= 11 is 8.65. The smallest absolute Gasteiger partial charge is 0.376 e. The second-order valence-electron chi connectivity index (χ2n) is 7.06. The quantitative estimate of drug-likeness (QED) is 0.427. The zero-order valence-electron chi connectivity index (χ0n) is 16.6. The molecule has 1 atom stereocenters. The third kappa shape index (κ3) is 5.45. The number of thiophene rings is 1. The van der Waals surface area contributed by atoms with E-state index in [2.05, 4.69) is 15.5 Å². The van der Waals surface area contributed by atoms with Crippen LogP contribution in [0.25, 0.3) is 10.7 Å². The predicted molar refractivity (Wildman–Crippen MR) is 118 cm³/mol. The van der Waals surface area contributed by atoms with Gasteiger partial charge in [0.15, 0.2) is 11.0 Å². The molecule has 0 radical (unpaired) electrons. The second-order valence-corrected chi connectivity index (χ2v) is 9.36. The molecule has 1 amide bonds. The van der Waals surface area contributed by atoms with Gasteiger partial charge >= 0.3 is 6.18 Å². The van der Waals surface area contributed by atoms with Crippen LogP contribution in [0.1, 0.15) is 18.4 Å². The van der Waals surface area contributed by atoms with E-state index in [-0.39, 0.29) is 22.6 Å². The Morgan fingerprint density at radius 1 is 1.34 bits per heavy atom. The van der Waals surface area contributed by atoms with Crippen LogP contribution < -0.4 is 5.32 Å². The van der Waals surface area contributed by atoms with Crippen LogP contribution in [0.5, 0.6) is 0 Å². The summed E-state index contributed by atoms with van der Waals surface area (Å²) in [6.07, 6.45) is -2.57. The van der Waals surface area contributed by atoms with E-state index >= 15 is 0 Å². The molecule has 4 rings (SSSR count). The molecule has 1 fully saturated rings. The highest BCUT2D eigenvalue weighted by atomic mass is 35.5. The molecule has 12 heteroatoms. The number of rotatable bonds is 7. The Bertz CT molecular complexity index is 1080. The molecule has 0 unspecified atom stereocenters. The average molecular weight is 503 g/mol. The van der Waals surface area contributed by atoms with Crippen molar-refractivity contribution in [2.45, 2.75) is 36.8 Å². The van der Waals surface area contributed by atoms with Gasteiger partial charge in [-0.15, -0.1) is 21.5 Å². The van der Waals surface area contributed by atoms with E-state index in [1.165, 1.54) is 11.3 Å². The van der Waals surface area contributed by atoms with Gasteiger partial charge in [0, 0.05) is 6.61 Å². The Morgan fingerprint density at radius 2 is 2.19 bits per heavy atom. The monoisotopic (exact) mass is 502 g/mol. The largest absolute Gasteiger partial charge is 0.416 e. The van der Waals surface area contributed by atoms with Crippen molar-refractivity contribution in [3.63, 3.8) is 0 Å². The SMILES string of the molecule is O=C(CSc1nnc(-c2cccs2)n1C[C@H]1CCCO1)Nc1cc(C(F)(F)F)ccc1Cl. The molecule has 1 N–H and O–H groups in total. The van der Waals surface area contributed by atoms with Crippen molar-refractivity contribution in [1.82, 2.24) is 14.8 Å². The topological polar surface area (TPSA) is 69.0 Å². The van der Waals surface area contributed by atoms with Crippen LogP contribution in [0.15, 0.2) is 40.9 Å². The number of nitrogens with one attached hydrogen (secondary N) is 1. The molecule has 0 aliphatic carbocycles. The third-order valence-corrected chi connectivity index (χ3v) is 6.93. The van der Waals surface area contributed by atoms with Crippen LogP contribution >= 0.6 is 34.7 Å². The van der Waals surface area contributed by atoms with Gasteiger partial charge < -0.3 is 10.1 Å². The molecule has 32 heavy (non-hydrogen) atoms. The summed E-state index contributed by atoms with van der Waals surface area (Å²) < 4.78 is 46.5. The molecular formula is C20H18ClF3N4O2S2. The molecule has 1 aromatic carbocycles. The maximum Gasteiger partial charge on any atom is 0.416 e. The number of carbonyl (C=O) groups is 1. The number of nitrogens with zero attached hydrogens (tertiary/aromatic N) is 3. The van der Waals surface area contributed by atoms with Crippen molar-refractivity contribution in [3.05, 3.63) is 46.3 Å². The molecule has 2 aromatic heterocycles. The van der Waals surface area contributed by atoms with Crippen LogP contribution in [0.2, 0.25) is 5.02 Å². The van der Waals surface area contributed by atoms with Crippen molar-refractivity contribution in [2.75, 3.05) is 17.7 Å². The lowest BCUT2D eigenvalue weighted by atomic mass is 10.2. The van der Waals surface area contributed by atoms with E-state index in [1.54, 1.807) is 0 Å². The molecule has 1 aliphatic rings. The number of amides is 1. The van der Waals surface area contributed by atoms with Crippen LogP contribution in [0, 0.1) is 0 Å². The Labute approximate surface area is 195 Å². The van der Waals surface area contributed by atoms with E-state index in [9.17, 15) is 18.0 Å². The first-order valence-corrected chi connectivity index (χ1v) is 11.9. The summed E-state index contributed by atoms with van der Waals surface area (Å²) in [4.78, 5) is 13.4. The van der Waals surface area contributed by atoms with E-state index in [0.717, 1.165) is 47.7 Å². The summed E-state index contributed by atoms with van der Waals surface area (Å²) in [5.74, 6) is 0.126. The molecule has 0 spiro atoms. The average Bonchev–Trinajstić information content (AvgIpc) is 3.50. The van der Waals surface area contributed by atoms with Crippen LogP contribution in [-0.4, -0.2) is 39.1 Å². The number of alkyl halides is 3. The van der Waals surface area contributed by atoms with Gasteiger partial charge in [-0.05, 0) is 42.5 Å². The van der Waals surface area contributed by atoms with E-state index in [1.807, 2.05) is 22.1 Å². The lowest BCUT2D eigenvalue weighted by Gasteiger charge is -2.14. The van der Waals surface area contributed by atoms with Gasteiger partial charge in [0.05, 0.1) is 39.6 Å². The highest BCUT2D eigenvalue weighted by molar-refractivity contribution is 7.99. The number of ether oxygens (including phenoxy) is 1. The maximum atomic E-state index is 12.9. The van der Waals surface area contributed by atoms with Crippen LogP contribution in [-0.2, 0) is 22.3 Å². The van der Waals surface area contributed by atoms with Crippen LogP contribution in [0.3, 0.4) is 0 Å². The van der Waals surface area contributed by atoms with Gasteiger partial charge in [-0.1, -0.05) is 29.4 Å². The molecule has 170 valence electrons. The van der Waals surface area contributed by atoms with Gasteiger partial charge in [0.25, 0.3) is 0 Å². The molecule has 0 bridgehead atoms. The van der Waals surface area contributed by atoms with Crippen molar-refractivity contribution >= 4 is 46.3 Å². The zero-order chi connectivity index (χ0) is 22.7. The van der Waals surface area contributed by atoms with Gasteiger partial charge in [0.1, 0.15) is 0 Å². The number of hydrogen-bond donors (Lipinski definition) is 1. The number of anilines is 1. The fraction of sp³-hybridized carbons (Fsp3) is 0.350. The fourth-order valence-electron chi connectivity index (χ4n) is 3.25. The van der Waals surface area contributed by atoms with E-state index in [4.69, 9.17) is 16.3 Å². The molecule has 6 nitrogen and oxygen atoms in total. The van der Waals surface area contributed by atoms with Crippen molar-refractivity contribution in [1.29, 1.82) is 0 Å². The molecule has 1 aliphatic heterocycles. The van der Waals surface area contributed by atoms with Crippen molar-refractivity contribution < 1.29 is 22.7 Å². The Balaban J connectivity index is 1.47. The highest BCUT2D eigenvalue weighted by Crippen LogP contribution is 2.34. The van der Waals surface area contributed by atoms with E-state index in [0.29, 0.717) is 24.1 Å². The minimum absolute atomic E-state index is 0.0258. The standard InChI is InChI=1S/C20H18ClF3N4O2S2/c21-14-6-5-12(20(22,23)24)9-15(14)25-17(29)11-32-19-27-26-18(16-4-2-8-31-16)28(19)10-13-3-1-7-30-13/h2,4-6,8-9,13H,1,3,7,10-11H2,(H,25,29)/t13-/m1/s1. The summed E-state index contributed by atoms with van der Waals surface area (Å²) in [6, 6.07) is 6.66. The Morgan fingerprint density at radius 3 is 2.88 bits per heavy atom. The van der Waals surface area contributed by atoms with E-state index < -0.39 is 17.6 Å². The highest BCUT2D eigenvalue weighted by Gasteiger charge is 2.31.